The molecule has 3 unspecified atom stereocenters. The molecular formula is C22H21BrN2O5. The molecule has 1 aromatic heterocycles. The Kier molecular flexibility index (Phi) is 5.51. The van der Waals surface area contributed by atoms with E-state index in [0.29, 0.717) is 5.75 Å². The van der Waals surface area contributed by atoms with Gasteiger partial charge in [0.15, 0.2) is 6.10 Å². The molecule has 8 heteroatoms. The van der Waals surface area contributed by atoms with E-state index in [2.05, 4.69) is 15.9 Å². The zero-order valence-corrected chi connectivity index (χ0v) is 18.2. The number of rotatable bonds is 5. The molecule has 0 bridgehead atoms. The van der Waals surface area contributed by atoms with Crippen molar-refractivity contribution in [3.05, 3.63) is 74.4 Å². The molecule has 3 atom stereocenters. The van der Waals surface area contributed by atoms with Crippen molar-refractivity contribution in [1.29, 1.82) is 0 Å². The van der Waals surface area contributed by atoms with Crippen LogP contribution >= 0.6 is 15.9 Å². The van der Waals surface area contributed by atoms with E-state index in [1.807, 2.05) is 54.2 Å². The maximum Gasteiger partial charge on any atom is 0.309 e. The van der Waals surface area contributed by atoms with Crippen LogP contribution in [0.3, 0.4) is 0 Å². The monoisotopic (exact) mass is 472 g/mol. The number of hydrogen-bond acceptors (Lipinski definition) is 5. The molecule has 4 rings (SSSR count). The standard InChI is InChI=1S/C22H21BrN2O5/c1-3-29-20(26)11-19-22(25(27)28)21(15-10-13(23)8-9-18(15)30-19)16-12-24(2)17-7-5-4-6-14(16)17/h4-10,12,19,21-22H,3,11H2,1-2H3. The summed E-state index contributed by atoms with van der Waals surface area (Å²) in [4.78, 5) is 24.1. The number of nitrogens with zero attached hydrogens (tertiary/aromatic N) is 2. The Morgan fingerprint density at radius 2 is 2.03 bits per heavy atom. The Balaban J connectivity index is 1.91. The third kappa shape index (κ3) is 3.56. The van der Waals surface area contributed by atoms with Crippen molar-refractivity contribution in [3.8, 4) is 5.75 Å². The lowest BCUT2D eigenvalue weighted by atomic mass is 9.79. The zero-order chi connectivity index (χ0) is 21.4. The van der Waals surface area contributed by atoms with Crippen LogP contribution in [0, 0.1) is 10.1 Å². The Bertz CT molecular complexity index is 1130. The van der Waals surface area contributed by atoms with Crippen LogP contribution in [0.15, 0.2) is 53.1 Å². The highest BCUT2D eigenvalue weighted by molar-refractivity contribution is 9.10. The maximum atomic E-state index is 12.3. The lowest BCUT2D eigenvalue weighted by molar-refractivity contribution is -0.537. The smallest absolute Gasteiger partial charge is 0.309 e. The summed E-state index contributed by atoms with van der Waals surface area (Å²) in [6, 6.07) is 12.1. The first-order chi connectivity index (χ1) is 14.4. The van der Waals surface area contributed by atoms with Gasteiger partial charge in [0, 0.05) is 39.1 Å². The van der Waals surface area contributed by atoms with Crippen molar-refractivity contribution in [2.75, 3.05) is 6.61 Å². The summed E-state index contributed by atoms with van der Waals surface area (Å²) >= 11 is 3.47. The van der Waals surface area contributed by atoms with E-state index in [0.717, 1.165) is 26.5 Å². The second kappa shape index (κ2) is 8.10. The van der Waals surface area contributed by atoms with Crippen molar-refractivity contribution in [2.24, 2.45) is 7.05 Å². The summed E-state index contributed by atoms with van der Waals surface area (Å²) < 4.78 is 13.8. The predicted molar refractivity (Wildman–Crippen MR) is 115 cm³/mol. The number of esters is 1. The number of nitro groups is 1. The topological polar surface area (TPSA) is 83.6 Å². The van der Waals surface area contributed by atoms with Crippen molar-refractivity contribution in [3.63, 3.8) is 0 Å². The minimum atomic E-state index is -1.14. The SMILES string of the molecule is CCOC(=O)CC1Oc2ccc(Br)cc2C(c2cn(C)c3ccccc23)C1[N+](=O)[O-]. The summed E-state index contributed by atoms with van der Waals surface area (Å²) in [5.41, 5.74) is 2.55. The Labute approximate surface area is 181 Å². The van der Waals surface area contributed by atoms with Gasteiger partial charge >= 0.3 is 5.97 Å². The number of para-hydroxylation sites is 1. The molecule has 1 aliphatic heterocycles. The van der Waals surface area contributed by atoms with Crippen LogP contribution < -0.4 is 4.74 Å². The molecule has 0 saturated carbocycles. The summed E-state index contributed by atoms with van der Waals surface area (Å²) in [7, 11) is 1.92. The van der Waals surface area contributed by atoms with Crippen LogP contribution in [0.1, 0.15) is 30.4 Å². The van der Waals surface area contributed by atoms with Crippen molar-refractivity contribution in [1.82, 2.24) is 4.57 Å². The number of benzene rings is 2. The molecule has 30 heavy (non-hydrogen) atoms. The molecule has 1 aliphatic rings. The molecule has 3 aromatic rings. The predicted octanol–water partition coefficient (Wildman–Crippen LogP) is 4.43. The minimum absolute atomic E-state index is 0.184. The molecule has 2 heterocycles. The molecule has 0 spiro atoms. The summed E-state index contributed by atoms with van der Waals surface area (Å²) in [5.74, 6) is -0.540. The molecule has 0 N–H and O–H groups in total. The van der Waals surface area contributed by atoms with Gasteiger partial charge in [-0.05, 0) is 36.8 Å². The fourth-order valence-electron chi connectivity index (χ4n) is 4.28. The minimum Gasteiger partial charge on any atom is -0.482 e. The van der Waals surface area contributed by atoms with E-state index in [4.69, 9.17) is 9.47 Å². The van der Waals surface area contributed by atoms with Crippen LogP contribution in [0.4, 0.5) is 0 Å². The zero-order valence-electron chi connectivity index (χ0n) is 16.6. The molecular weight excluding hydrogens is 452 g/mol. The average molecular weight is 473 g/mol. The van der Waals surface area contributed by atoms with E-state index < -0.39 is 24.0 Å². The van der Waals surface area contributed by atoms with Crippen LogP contribution in [-0.4, -0.2) is 34.2 Å². The molecule has 0 saturated heterocycles. The molecule has 0 radical (unpaired) electrons. The Hall–Kier alpha value is -2.87. The second-order valence-electron chi connectivity index (χ2n) is 7.31. The highest BCUT2D eigenvalue weighted by Crippen LogP contribution is 2.45. The number of hydrogen-bond donors (Lipinski definition) is 0. The molecule has 0 fully saturated rings. The van der Waals surface area contributed by atoms with Crippen molar-refractivity contribution in [2.45, 2.75) is 31.4 Å². The second-order valence-corrected chi connectivity index (χ2v) is 8.23. The first-order valence-electron chi connectivity index (χ1n) is 9.70. The van der Waals surface area contributed by atoms with E-state index in [1.54, 1.807) is 13.0 Å². The van der Waals surface area contributed by atoms with Gasteiger partial charge in [0.05, 0.1) is 18.9 Å². The van der Waals surface area contributed by atoms with Gasteiger partial charge in [0.2, 0.25) is 0 Å². The number of ether oxygens (including phenoxy) is 2. The van der Waals surface area contributed by atoms with E-state index in [9.17, 15) is 14.9 Å². The highest BCUT2D eigenvalue weighted by Gasteiger charge is 2.49. The molecule has 0 aliphatic carbocycles. The third-order valence-electron chi connectivity index (χ3n) is 5.49. The number of carbonyl (C=O) groups is 1. The Morgan fingerprint density at radius 1 is 1.27 bits per heavy atom. The normalized spacial score (nSPS) is 20.4. The van der Waals surface area contributed by atoms with Crippen molar-refractivity contribution < 1.29 is 19.2 Å². The van der Waals surface area contributed by atoms with E-state index >= 15 is 0 Å². The average Bonchev–Trinajstić information content (AvgIpc) is 3.04. The molecule has 0 amide bonds. The van der Waals surface area contributed by atoms with Gasteiger partial charge in [0.1, 0.15) is 5.75 Å². The van der Waals surface area contributed by atoms with Crippen molar-refractivity contribution >= 4 is 32.8 Å². The number of aryl methyl sites for hydroxylation is 1. The van der Waals surface area contributed by atoms with Gasteiger partial charge in [-0.15, -0.1) is 0 Å². The highest BCUT2D eigenvalue weighted by atomic mass is 79.9. The Morgan fingerprint density at radius 3 is 2.77 bits per heavy atom. The fourth-order valence-corrected chi connectivity index (χ4v) is 4.66. The van der Waals surface area contributed by atoms with Gasteiger partial charge in [0.25, 0.3) is 6.04 Å². The van der Waals surface area contributed by atoms with Gasteiger partial charge < -0.3 is 14.0 Å². The van der Waals surface area contributed by atoms with Crippen LogP contribution in [0.2, 0.25) is 0 Å². The van der Waals surface area contributed by atoms with E-state index in [1.165, 1.54) is 0 Å². The van der Waals surface area contributed by atoms with Crippen LogP contribution in [0.5, 0.6) is 5.75 Å². The van der Waals surface area contributed by atoms with E-state index in [-0.39, 0.29) is 18.0 Å². The largest absolute Gasteiger partial charge is 0.482 e. The molecule has 7 nitrogen and oxygen atoms in total. The summed E-state index contributed by atoms with van der Waals surface area (Å²) in [6.07, 6.45) is 0.816. The first-order valence-corrected chi connectivity index (χ1v) is 10.5. The van der Waals surface area contributed by atoms with Gasteiger partial charge in [-0.1, -0.05) is 34.1 Å². The van der Waals surface area contributed by atoms with Gasteiger partial charge in [-0.25, -0.2) is 0 Å². The van der Waals surface area contributed by atoms with Crippen LogP contribution in [0.25, 0.3) is 10.9 Å². The maximum absolute atomic E-state index is 12.3. The van der Waals surface area contributed by atoms with Gasteiger partial charge in [-0.3, -0.25) is 14.9 Å². The summed E-state index contributed by atoms with van der Waals surface area (Å²) in [6.45, 7) is 1.92. The summed E-state index contributed by atoms with van der Waals surface area (Å²) in [5, 5.41) is 13.2. The quantitative estimate of drug-likeness (QED) is 0.311. The van der Waals surface area contributed by atoms with Gasteiger partial charge in [-0.2, -0.15) is 0 Å². The molecule has 156 valence electrons. The first kappa shape index (κ1) is 20.4. The molecule has 2 aromatic carbocycles. The number of carbonyl (C=O) groups excluding carboxylic acids is 1. The lowest BCUT2D eigenvalue weighted by Crippen LogP contribution is -2.47. The van der Waals surface area contributed by atoms with Crippen LogP contribution in [-0.2, 0) is 16.6 Å². The number of aromatic nitrogens is 1. The number of fused-ring (bicyclic) bond motifs is 2. The number of halogens is 1. The fraction of sp³-hybridized carbons (Fsp3) is 0.318. The lowest BCUT2D eigenvalue weighted by Gasteiger charge is -2.34. The third-order valence-corrected chi connectivity index (χ3v) is 5.98.